The molecule has 5 nitrogen and oxygen atoms in total. The quantitative estimate of drug-likeness (QED) is 0.616. The van der Waals surface area contributed by atoms with Crippen molar-refractivity contribution in [1.82, 2.24) is 0 Å². The first-order valence-corrected chi connectivity index (χ1v) is 6.42. The van der Waals surface area contributed by atoms with E-state index in [0.717, 1.165) is 5.56 Å². The van der Waals surface area contributed by atoms with Crippen molar-refractivity contribution in [1.29, 1.82) is 0 Å². The number of rotatable bonds is 3. The van der Waals surface area contributed by atoms with Crippen LogP contribution in [-0.4, -0.2) is 23.9 Å². The number of para-hydroxylation sites is 1. The maximum atomic E-state index is 11.9. The molecule has 4 atom stereocenters. The molecule has 19 heavy (non-hydrogen) atoms. The lowest BCUT2D eigenvalue weighted by Crippen LogP contribution is -2.36. The fourth-order valence-electron chi connectivity index (χ4n) is 3.73. The summed E-state index contributed by atoms with van der Waals surface area (Å²) in [5.41, 5.74) is 0.798. The van der Waals surface area contributed by atoms with E-state index in [9.17, 15) is 14.9 Å². The second kappa shape index (κ2) is 4.33. The van der Waals surface area contributed by atoms with E-state index in [-0.39, 0.29) is 28.5 Å². The van der Waals surface area contributed by atoms with Crippen LogP contribution in [0.3, 0.4) is 0 Å². The molecule has 2 bridgehead atoms. The average Bonchev–Trinajstić information content (AvgIpc) is 2.94. The minimum Gasteiger partial charge on any atom is -0.496 e. The summed E-state index contributed by atoms with van der Waals surface area (Å²) in [6.45, 7) is 0. The Kier molecular flexibility index (Phi) is 2.77. The molecule has 0 amide bonds. The van der Waals surface area contributed by atoms with Crippen molar-refractivity contribution in [2.75, 3.05) is 7.11 Å². The maximum Gasteiger partial charge on any atom is 0.223 e. The summed E-state index contributed by atoms with van der Waals surface area (Å²) in [4.78, 5) is 23.0. The number of nitrogens with zero attached hydrogens (tertiary/aromatic N) is 1. The van der Waals surface area contributed by atoms with E-state index < -0.39 is 6.04 Å². The first-order valence-electron chi connectivity index (χ1n) is 6.42. The summed E-state index contributed by atoms with van der Waals surface area (Å²) < 4.78 is 5.29. The highest BCUT2D eigenvalue weighted by Gasteiger charge is 2.59. The third kappa shape index (κ3) is 1.72. The first-order chi connectivity index (χ1) is 9.13. The number of hydrogen-bond acceptors (Lipinski definition) is 4. The largest absolute Gasteiger partial charge is 0.496 e. The van der Waals surface area contributed by atoms with Gasteiger partial charge in [0.05, 0.1) is 13.0 Å². The number of methoxy groups -OCH3 is 1. The van der Waals surface area contributed by atoms with Gasteiger partial charge >= 0.3 is 0 Å². The Morgan fingerprint density at radius 3 is 2.79 bits per heavy atom. The lowest BCUT2D eigenvalue weighted by molar-refractivity contribution is -0.533. The van der Waals surface area contributed by atoms with E-state index in [0.29, 0.717) is 18.6 Å². The second-order valence-corrected chi connectivity index (χ2v) is 5.32. The summed E-state index contributed by atoms with van der Waals surface area (Å²) in [5, 5.41) is 11.3. The molecular formula is C14H15NO4. The average molecular weight is 261 g/mol. The molecule has 2 aliphatic carbocycles. The molecule has 0 saturated heterocycles. The zero-order valence-corrected chi connectivity index (χ0v) is 10.6. The van der Waals surface area contributed by atoms with Gasteiger partial charge in [0.2, 0.25) is 6.04 Å². The van der Waals surface area contributed by atoms with E-state index in [1.165, 1.54) is 0 Å². The Morgan fingerprint density at radius 2 is 2.11 bits per heavy atom. The molecule has 100 valence electrons. The summed E-state index contributed by atoms with van der Waals surface area (Å²) >= 11 is 0. The van der Waals surface area contributed by atoms with E-state index in [4.69, 9.17) is 4.74 Å². The van der Waals surface area contributed by atoms with Crippen molar-refractivity contribution in [2.45, 2.75) is 24.8 Å². The van der Waals surface area contributed by atoms with Crippen LogP contribution >= 0.6 is 0 Å². The van der Waals surface area contributed by atoms with Gasteiger partial charge in [0.15, 0.2) is 0 Å². The van der Waals surface area contributed by atoms with Crippen molar-refractivity contribution >= 4 is 5.78 Å². The summed E-state index contributed by atoms with van der Waals surface area (Å²) in [6.07, 6.45) is 1.01. The standard InChI is InChI=1S/C14H15NO4/c1-19-12-5-3-2-4-9(12)13-10-6-8(7-11(10)16)14(13)15(17)18/h2-5,8,10,13-14H,6-7H2,1H3/t8?,10?,13-,14-/m0/s1. The van der Waals surface area contributed by atoms with Gasteiger partial charge in [-0.3, -0.25) is 14.9 Å². The van der Waals surface area contributed by atoms with Crippen molar-refractivity contribution in [3.8, 4) is 5.75 Å². The Bertz CT molecular complexity index is 542. The zero-order chi connectivity index (χ0) is 13.6. The van der Waals surface area contributed by atoms with Crippen LogP contribution in [0.1, 0.15) is 24.3 Å². The molecule has 1 aromatic rings. The Balaban J connectivity index is 2.06. The molecule has 5 heteroatoms. The minimum atomic E-state index is -0.654. The Labute approximate surface area is 110 Å². The van der Waals surface area contributed by atoms with Gasteiger partial charge in [-0.15, -0.1) is 0 Å². The van der Waals surface area contributed by atoms with Crippen molar-refractivity contribution < 1.29 is 14.5 Å². The topological polar surface area (TPSA) is 69.4 Å². The number of nitro groups is 1. The maximum absolute atomic E-state index is 11.9. The van der Waals surface area contributed by atoms with Gasteiger partial charge in [-0.2, -0.15) is 0 Å². The van der Waals surface area contributed by atoms with Gasteiger partial charge in [-0.05, 0) is 12.5 Å². The lowest BCUT2D eigenvalue weighted by atomic mass is 9.79. The lowest BCUT2D eigenvalue weighted by Gasteiger charge is -2.25. The van der Waals surface area contributed by atoms with Crippen LogP contribution in [-0.2, 0) is 4.79 Å². The van der Waals surface area contributed by atoms with Crippen LogP contribution in [0.25, 0.3) is 0 Å². The molecule has 3 rings (SSSR count). The van der Waals surface area contributed by atoms with Gasteiger partial charge in [0.1, 0.15) is 11.5 Å². The highest BCUT2D eigenvalue weighted by molar-refractivity contribution is 5.86. The normalized spacial score (nSPS) is 32.6. The molecular weight excluding hydrogens is 246 g/mol. The number of benzene rings is 1. The van der Waals surface area contributed by atoms with Crippen LogP contribution in [0.15, 0.2) is 24.3 Å². The molecule has 2 fully saturated rings. The number of ether oxygens (including phenoxy) is 1. The Morgan fingerprint density at radius 1 is 1.37 bits per heavy atom. The fraction of sp³-hybridized carbons (Fsp3) is 0.500. The number of carbonyl (C=O) groups excluding carboxylic acids is 1. The summed E-state index contributed by atoms with van der Waals surface area (Å²) in [6, 6.07) is 6.65. The minimum absolute atomic E-state index is 0.109. The predicted molar refractivity (Wildman–Crippen MR) is 67.7 cm³/mol. The highest BCUT2D eigenvalue weighted by atomic mass is 16.6. The van der Waals surface area contributed by atoms with Gasteiger partial charge in [0, 0.05) is 28.7 Å². The number of hydrogen-bond donors (Lipinski definition) is 0. The predicted octanol–water partition coefficient (Wildman–Crippen LogP) is 2.03. The van der Waals surface area contributed by atoms with Crippen molar-refractivity contribution in [3.63, 3.8) is 0 Å². The van der Waals surface area contributed by atoms with E-state index in [1.54, 1.807) is 13.2 Å². The number of fused-ring (bicyclic) bond motifs is 2. The molecule has 0 radical (unpaired) electrons. The number of ketones is 1. The monoisotopic (exact) mass is 261 g/mol. The summed E-state index contributed by atoms with van der Waals surface area (Å²) in [7, 11) is 1.55. The SMILES string of the molecule is COc1ccccc1[C@H]1C2CC(CC2=O)[C@@H]1[N+](=O)[O-]. The van der Waals surface area contributed by atoms with Crippen LogP contribution in [0.4, 0.5) is 0 Å². The van der Waals surface area contributed by atoms with E-state index in [1.807, 2.05) is 18.2 Å². The molecule has 1 aromatic carbocycles. The molecule has 0 N–H and O–H groups in total. The third-order valence-electron chi connectivity index (χ3n) is 4.46. The molecule has 2 saturated carbocycles. The summed E-state index contributed by atoms with van der Waals surface area (Å²) in [5.74, 6) is 0.148. The fourth-order valence-corrected chi connectivity index (χ4v) is 3.73. The number of carbonyl (C=O) groups is 1. The molecule has 0 aliphatic heterocycles. The second-order valence-electron chi connectivity index (χ2n) is 5.32. The van der Waals surface area contributed by atoms with E-state index in [2.05, 4.69) is 0 Å². The number of Topliss-reactive ketones (excluding diaryl/α,β-unsaturated/α-hetero) is 1. The van der Waals surface area contributed by atoms with Gasteiger partial charge in [-0.25, -0.2) is 0 Å². The van der Waals surface area contributed by atoms with E-state index >= 15 is 0 Å². The third-order valence-corrected chi connectivity index (χ3v) is 4.46. The van der Waals surface area contributed by atoms with Crippen LogP contribution in [0.2, 0.25) is 0 Å². The molecule has 0 spiro atoms. The van der Waals surface area contributed by atoms with Gasteiger partial charge in [0.25, 0.3) is 0 Å². The first kappa shape index (κ1) is 12.1. The highest BCUT2D eigenvalue weighted by Crippen LogP contribution is 2.53. The van der Waals surface area contributed by atoms with Crippen LogP contribution in [0.5, 0.6) is 5.75 Å². The van der Waals surface area contributed by atoms with Crippen molar-refractivity contribution in [3.05, 3.63) is 39.9 Å². The smallest absolute Gasteiger partial charge is 0.223 e. The molecule has 0 heterocycles. The molecule has 0 aromatic heterocycles. The van der Waals surface area contributed by atoms with Crippen LogP contribution in [0, 0.1) is 22.0 Å². The van der Waals surface area contributed by atoms with Gasteiger partial charge in [-0.1, -0.05) is 18.2 Å². The molecule has 2 unspecified atom stereocenters. The Hall–Kier alpha value is -1.91. The van der Waals surface area contributed by atoms with Crippen LogP contribution < -0.4 is 4.74 Å². The molecule has 2 aliphatic rings. The van der Waals surface area contributed by atoms with Gasteiger partial charge < -0.3 is 4.74 Å². The van der Waals surface area contributed by atoms with Crippen molar-refractivity contribution in [2.24, 2.45) is 11.8 Å². The zero-order valence-electron chi connectivity index (χ0n) is 10.6.